The van der Waals surface area contributed by atoms with E-state index >= 15 is 0 Å². The van der Waals surface area contributed by atoms with Crippen LogP contribution >= 0.6 is 0 Å². The first-order valence-electron chi connectivity index (χ1n) is 10.1. The van der Waals surface area contributed by atoms with Crippen LogP contribution in [0.4, 0.5) is 0 Å². The molecule has 0 radical (unpaired) electrons. The molecule has 2 nitrogen and oxygen atoms in total. The Bertz CT molecular complexity index is 827. The molecule has 0 unspecified atom stereocenters. The van der Waals surface area contributed by atoms with Gasteiger partial charge < -0.3 is 4.74 Å². The van der Waals surface area contributed by atoms with Gasteiger partial charge in [0.1, 0.15) is 12.2 Å². The van der Waals surface area contributed by atoms with E-state index in [0.29, 0.717) is 6.42 Å². The number of hydrogen-bond donors (Lipinski definition) is 0. The maximum Gasteiger partial charge on any atom is 0.158 e. The third kappa shape index (κ3) is 5.10. The summed E-state index contributed by atoms with van der Waals surface area (Å²) in [7, 11) is 0. The lowest BCUT2D eigenvalue weighted by Crippen LogP contribution is -2.34. The molecule has 3 rings (SSSR count). The van der Waals surface area contributed by atoms with E-state index in [4.69, 9.17) is 4.74 Å². The molecule has 0 aromatic heterocycles. The van der Waals surface area contributed by atoms with Crippen LogP contribution in [-0.4, -0.2) is 12.4 Å². The average Bonchev–Trinajstić information content (AvgIpc) is 2.76. The Kier molecular flexibility index (Phi) is 7.15. The van der Waals surface area contributed by atoms with Crippen LogP contribution in [0.25, 0.3) is 0 Å². The van der Waals surface area contributed by atoms with Crippen molar-refractivity contribution in [2.75, 3.05) is 6.61 Å². The van der Waals surface area contributed by atoms with Crippen molar-refractivity contribution in [3.8, 4) is 0 Å². The largest absolute Gasteiger partial charge is 0.353 e. The molecule has 0 heterocycles. The van der Waals surface area contributed by atoms with E-state index in [0.717, 1.165) is 23.1 Å². The number of carbonyl (C=O) groups excluding carboxylic acids is 1. The summed E-state index contributed by atoms with van der Waals surface area (Å²) in [5, 5.41) is 0. The van der Waals surface area contributed by atoms with Gasteiger partial charge in [0.25, 0.3) is 0 Å². The number of carbonyl (C=O) groups is 1. The number of allylic oxidation sites excluding steroid dienone is 2. The minimum Gasteiger partial charge on any atom is -0.353 e. The van der Waals surface area contributed by atoms with Crippen LogP contribution in [0.5, 0.6) is 0 Å². The number of hydrogen-bond acceptors (Lipinski definition) is 2. The molecule has 0 spiro atoms. The van der Waals surface area contributed by atoms with Crippen molar-refractivity contribution in [2.24, 2.45) is 0 Å². The van der Waals surface area contributed by atoms with Gasteiger partial charge in [0.05, 0.1) is 0 Å². The van der Waals surface area contributed by atoms with Crippen molar-refractivity contribution in [2.45, 2.75) is 32.3 Å². The number of ketones is 1. The maximum absolute atomic E-state index is 12.6. The second-order valence-corrected chi connectivity index (χ2v) is 7.43. The van der Waals surface area contributed by atoms with E-state index in [1.54, 1.807) is 0 Å². The van der Waals surface area contributed by atoms with E-state index in [2.05, 4.69) is 42.5 Å². The Labute approximate surface area is 173 Å². The van der Waals surface area contributed by atoms with E-state index in [1.807, 2.05) is 68.4 Å². The predicted molar refractivity (Wildman–Crippen MR) is 119 cm³/mol. The summed E-state index contributed by atoms with van der Waals surface area (Å²) < 4.78 is 6.54. The fraction of sp³-hybridized carbons (Fsp3) is 0.222. The van der Waals surface area contributed by atoms with Crippen LogP contribution in [0, 0.1) is 0 Å². The van der Waals surface area contributed by atoms with Gasteiger partial charge in [-0.05, 0) is 37.0 Å². The minimum atomic E-state index is -0.837. The molecule has 0 atom stereocenters. The van der Waals surface area contributed by atoms with E-state index in [-0.39, 0.29) is 12.4 Å². The first kappa shape index (κ1) is 20.8. The Morgan fingerprint density at radius 1 is 0.759 bits per heavy atom. The van der Waals surface area contributed by atoms with Crippen molar-refractivity contribution in [1.82, 2.24) is 0 Å². The summed E-state index contributed by atoms with van der Waals surface area (Å²) in [4.78, 5) is 12.6. The van der Waals surface area contributed by atoms with Crippen molar-refractivity contribution in [3.63, 3.8) is 0 Å². The van der Waals surface area contributed by atoms with Crippen molar-refractivity contribution in [1.29, 1.82) is 0 Å². The fourth-order valence-corrected chi connectivity index (χ4v) is 3.55. The van der Waals surface area contributed by atoms with E-state index in [9.17, 15) is 4.79 Å². The minimum absolute atomic E-state index is 0.0648. The molecule has 148 valence electrons. The van der Waals surface area contributed by atoms with Gasteiger partial charge in [-0.3, -0.25) is 4.79 Å². The highest BCUT2D eigenvalue weighted by atomic mass is 16.5. The first-order valence-corrected chi connectivity index (χ1v) is 10.1. The van der Waals surface area contributed by atoms with Crippen LogP contribution in [0.2, 0.25) is 0 Å². The Morgan fingerprint density at radius 3 is 1.55 bits per heavy atom. The molecular weight excluding hydrogens is 356 g/mol. The van der Waals surface area contributed by atoms with Crippen molar-refractivity contribution in [3.05, 3.63) is 119 Å². The molecular formula is C27H28O2. The zero-order valence-electron chi connectivity index (χ0n) is 17.2. The van der Waals surface area contributed by atoms with Crippen molar-refractivity contribution < 1.29 is 9.53 Å². The lowest BCUT2D eigenvalue weighted by Gasteiger charge is -2.35. The van der Waals surface area contributed by atoms with E-state index in [1.165, 1.54) is 5.57 Å². The van der Waals surface area contributed by atoms with Crippen molar-refractivity contribution >= 4 is 5.78 Å². The number of benzene rings is 3. The van der Waals surface area contributed by atoms with Crippen LogP contribution in [0.1, 0.15) is 43.4 Å². The highest BCUT2D eigenvalue weighted by Crippen LogP contribution is 2.40. The monoisotopic (exact) mass is 384 g/mol. The highest BCUT2D eigenvalue weighted by molar-refractivity contribution is 5.80. The molecule has 0 aliphatic carbocycles. The smallest absolute Gasteiger partial charge is 0.158 e. The quantitative estimate of drug-likeness (QED) is 0.319. The normalized spacial score (nSPS) is 11.1. The Balaban J connectivity index is 2.01. The fourth-order valence-electron chi connectivity index (χ4n) is 3.55. The summed E-state index contributed by atoms with van der Waals surface area (Å²) in [6.45, 7) is 4.16. The summed E-state index contributed by atoms with van der Waals surface area (Å²) >= 11 is 0. The molecule has 0 bridgehead atoms. The molecule has 0 N–H and O–H groups in total. The SMILES string of the molecule is CC(C)=CCCC(=O)COC(c1ccccc1)(c1ccccc1)c1ccccc1. The van der Waals surface area contributed by atoms with Crippen LogP contribution < -0.4 is 0 Å². The highest BCUT2D eigenvalue weighted by Gasteiger charge is 2.37. The van der Waals surface area contributed by atoms with Gasteiger partial charge >= 0.3 is 0 Å². The van der Waals surface area contributed by atoms with Gasteiger partial charge in [0.2, 0.25) is 0 Å². The second kappa shape index (κ2) is 9.99. The maximum atomic E-state index is 12.6. The third-order valence-corrected chi connectivity index (χ3v) is 4.97. The number of Topliss-reactive ketones (excluding diaryl/α,β-unsaturated/α-hetero) is 1. The summed E-state index contributed by atoms with van der Waals surface area (Å²) in [6, 6.07) is 30.4. The van der Waals surface area contributed by atoms with E-state index < -0.39 is 5.60 Å². The summed E-state index contributed by atoms with van der Waals surface area (Å²) in [6.07, 6.45) is 3.33. The van der Waals surface area contributed by atoms with Crippen LogP contribution in [0.3, 0.4) is 0 Å². The van der Waals surface area contributed by atoms with Gasteiger partial charge in [-0.1, -0.05) is 103 Å². The molecule has 3 aromatic rings. The van der Waals surface area contributed by atoms with Crippen LogP contribution in [0.15, 0.2) is 103 Å². The number of ether oxygens (including phenoxy) is 1. The van der Waals surface area contributed by atoms with Gasteiger partial charge in [-0.25, -0.2) is 0 Å². The molecule has 0 aliphatic rings. The predicted octanol–water partition coefficient (Wildman–Crippen LogP) is 6.31. The molecule has 0 saturated carbocycles. The molecule has 0 saturated heterocycles. The lowest BCUT2D eigenvalue weighted by atomic mass is 9.80. The zero-order chi connectivity index (χ0) is 20.5. The Hall–Kier alpha value is -2.97. The van der Waals surface area contributed by atoms with Gasteiger partial charge in [0, 0.05) is 6.42 Å². The van der Waals surface area contributed by atoms with Gasteiger partial charge in [0.15, 0.2) is 5.78 Å². The second-order valence-electron chi connectivity index (χ2n) is 7.43. The molecule has 29 heavy (non-hydrogen) atoms. The molecule has 3 aromatic carbocycles. The molecule has 0 fully saturated rings. The first-order chi connectivity index (χ1) is 14.1. The van der Waals surface area contributed by atoms with Crippen LogP contribution in [-0.2, 0) is 15.1 Å². The topological polar surface area (TPSA) is 26.3 Å². The Morgan fingerprint density at radius 2 is 1.17 bits per heavy atom. The van der Waals surface area contributed by atoms with Gasteiger partial charge in [-0.15, -0.1) is 0 Å². The summed E-state index contributed by atoms with van der Waals surface area (Å²) in [5.74, 6) is 0.106. The summed E-state index contributed by atoms with van der Waals surface area (Å²) in [5.41, 5.74) is 3.42. The standard InChI is InChI=1S/C27H28O2/c1-22(2)13-12-20-26(28)21-29-27(23-14-6-3-7-15-23,24-16-8-4-9-17-24)25-18-10-5-11-19-25/h3-11,13-19H,12,20-21H2,1-2H3. The van der Waals surface area contributed by atoms with Gasteiger partial charge in [-0.2, -0.15) is 0 Å². The lowest BCUT2D eigenvalue weighted by molar-refractivity contribution is -0.127. The molecule has 2 heteroatoms. The molecule has 0 amide bonds. The average molecular weight is 385 g/mol. The molecule has 0 aliphatic heterocycles. The number of rotatable bonds is 9. The third-order valence-electron chi connectivity index (χ3n) is 4.97. The zero-order valence-corrected chi connectivity index (χ0v) is 17.2.